The predicted octanol–water partition coefficient (Wildman–Crippen LogP) is 3.95. The molecule has 0 spiro atoms. The van der Waals surface area contributed by atoms with E-state index in [2.05, 4.69) is 20.4 Å². The highest BCUT2D eigenvalue weighted by atomic mass is 19.4. The molecule has 2 N–H and O–H groups in total. The van der Waals surface area contributed by atoms with Crippen molar-refractivity contribution in [1.29, 1.82) is 0 Å². The van der Waals surface area contributed by atoms with Crippen LogP contribution in [0.3, 0.4) is 0 Å². The van der Waals surface area contributed by atoms with E-state index in [1.807, 2.05) is 37.3 Å². The molecule has 0 heterocycles. The number of hydrogen-bond acceptors (Lipinski definition) is 3. The van der Waals surface area contributed by atoms with E-state index in [1.54, 1.807) is 26.3 Å². The first-order valence-corrected chi connectivity index (χ1v) is 9.11. The Kier molecular flexibility index (Phi) is 8.33. The number of guanidine groups is 1. The summed E-state index contributed by atoms with van der Waals surface area (Å²) in [5.41, 5.74) is 3.81. The van der Waals surface area contributed by atoms with Crippen LogP contribution >= 0.6 is 0 Å². The van der Waals surface area contributed by atoms with Gasteiger partial charge >= 0.3 is 6.18 Å². The molecule has 2 aromatic carbocycles. The van der Waals surface area contributed by atoms with Crippen LogP contribution in [0.1, 0.15) is 22.3 Å². The van der Waals surface area contributed by atoms with E-state index in [4.69, 9.17) is 4.74 Å². The lowest BCUT2D eigenvalue weighted by atomic mass is 10.1. The van der Waals surface area contributed by atoms with E-state index in [0.717, 1.165) is 22.4 Å². The quantitative estimate of drug-likeness (QED) is 0.512. The van der Waals surface area contributed by atoms with Crippen molar-refractivity contribution in [3.8, 4) is 5.75 Å². The van der Waals surface area contributed by atoms with E-state index in [-0.39, 0.29) is 6.61 Å². The van der Waals surface area contributed by atoms with Crippen molar-refractivity contribution in [2.24, 2.45) is 4.99 Å². The Bertz CT molecular complexity index is 806. The van der Waals surface area contributed by atoms with Crippen LogP contribution in [0, 0.1) is 6.92 Å². The summed E-state index contributed by atoms with van der Waals surface area (Å²) >= 11 is 0. The zero-order chi connectivity index (χ0) is 21.3. The minimum Gasteiger partial charge on any atom is -0.496 e. The van der Waals surface area contributed by atoms with Crippen molar-refractivity contribution in [2.75, 3.05) is 20.8 Å². The number of aliphatic imine (C=N–C) groups is 1. The molecule has 0 saturated heterocycles. The lowest BCUT2D eigenvalue weighted by molar-refractivity contribution is -0.176. The molecule has 0 fully saturated rings. The molecule has 2 rings (SSSR count). The van der Waals surface area contributed by atoms with Crippen molar-refractivity contribution in [1.82, 2.24) is 10.6 Å². The summed E-state index contributed by atoms with van der Waals surface area (Å²) in [4.78, 5) is 4.20. The van der Waals surface area contributed by atoms with Gasteiger partial charge in [-0.05, 0) is 35.2 Å². The molecular formula is C21H26F3N3O2. The van der Waals surface area contributed by atoms with Gasteiger partial charge in [0.25, 0.3) is 0 Å². The third kappa shape index (κ3) is 8.03. The van der Waals surface area contributed by atoms with Crippen molar-refractivity contribution in [3.05, 3.63) is 64.7 Å². The van der Waals surface area contributed by atoms with Gasteiger partial charge in [-0.15, -0.1) is 0 Å². The fraction of sp³-hybridized carbons (Fsp3) is 0.381. The Morgan fingerprint density at radius 3 is 2.14 bits per heavy atom. The summed E-state index contributed by atoms with van der Waals surface area (Å²) in [6.45, 7) is 1.79. The van der Waals surface area contributed by atoms with Crippen LogP contribution in [0.4, 0.5) is 13.2 Å². The molecule has 0 amide bonds. The first kappa shape index (κ1) is 22.5. The molecular weight excluding hydrogens is 383 g/mol. The van der Waals surface area contributed by atoms with Crippen molar-refractivity contribution in [3.63, 3.8) is 0 Å². The number of rotatable bonds is 8. The number of aryl methyl sites for hydroxylation is 1. The fourth-order valence-electron chi connectivity index (χ4n) is 2.60. The molecule has 158 valence electrons. The zero-order valence-corrected chi connectivity index (χ0v) is 16.8. The Morgan fingerprint density at radius 2 is 1.55 bits per heavy atom. The molecule has 0 aliphatic heterocycles. The van der Waals surface area contributed by atoms with Gasteiger partial charge in [-0.1, -0.05) is 36.4 Å². The normalized spacial score (nSPS) is 12.0. The van der Waals surface area contributed by atoms with Crippen molar-refractivity contribution in [2.45, 2.75) is 32.8 Å². The van der Waals surface area contributed by atoms with Gasteiger partial charge in [0.2, 0.25) is 0 Å². The summed E-state index contributed by atoms with van der Waals surface area (Å²) in [6, 6.07) is 13.2. The van der Waals surface area contributed by atoms with Gasteiger partial charge in [-0.25, -0.2) is 0 Å². The number of benzene rings is 2. The topological polar surface area (TPSA) is 54.9 Å². The second-order valence-electron chi connectivity index (χ2n) is 6.51. The van der Waals surface area contributed by atoms with Gasteiger partial charge in [0.15, 0.2) is 5.96 Å². The highest BCUT2D eigenvalue weighted by Crippen LogP contribution is 2.19. The SMILES string of the molecule is CN=C(NCc1ccc(COCC(F)(F)F)cc1)NCc1ccc(C)c(OC)c1. The smallest absolute Gasteiger partial charge is 0.411 e. The first-order valence-electron chi connectivity index (χ1n) is 9.11. The average Bonchev–Trinajstić information content (AvgIpc) is 2.69. The van der Waals surface area contributed by atoms with Crippen LogP contribution in [0.15, 0.2) is 47.5 Å². The molecule has 29 heavy (non-hydrogen) atoms. The summed E-state index contributed by atoms with van der Waals surface area (Å²) in [6.07, 6.45) is -4.31. The molecule has 0 aliphatic carbocycles. The lowest BCUT2D eigenvalue weighted by Gasteiger charge is -2.13. The highest BCUT2D eigenvalue weighted by Gasteiger charge is 2.27. The molecule has 0 bridgehead atoms. The molecule has 5 nitrogen and oxygen atoms in total. The standard InChI is InChI=1S/C21H26F3N3O2/c1-15-4-5-18(10-19(15)28-3)12-27-20(25-2)26-11-16-6-8-17(9-7-16)13-29-14-21(22,23)24/h4-10H,11-14H2,1-3H3,(H2,25,26,27). The Balaban J connectivity index is 1.80. The summed E-state index contributed by atoms with van der Waals surface area (Å²) in [7, 11) is 3.33. The summed E-state index contributed by atoms with van der Waals surface area (Å²) in [5, 5.41) is 6.44. The molecule has 0 atom stereocenters. The maximum atomic E-state index is 12.1. The van der Waals surface area contributed by atoms with Crippen molar-refractivity contribution < 1.29 is 22.6 Å². The van der Waals surface area contributed by atoms with Crippen molar-refractivity contribution >= 4 is 5.96 Å². The monoisotopic (exact) mass is 409 g/mol. The Morgan fingerprint density at radius 1 is 0.966 bits per heavy atom. The summed E-state index contributed by atoms with van der Waals surface area (Å²) in [5.74, 6) is 1.48. The van der Waals surface area contributed by atoms with Crippen LogP contribution in [-0.4, -0.2) is 32.9 Å². The first-order chi connectivity index (χ1) is 13.8. The minimum atomic E-state index is -4.31. The Hall–Kier alpha value is -2.74. The molecule has 0 aliphatic rings. The number of halogens is 3. The number of nitrogens with one attached hydrogen (secondary N) is 2. The van der Waals surface area contributed by atoms with Crippen LogP contribution < -0.4 is 15.4 Å². The van der Waals surface area contributed by atoms with Crippen LogP contribution in [0.5, 0.6) is 5.75 Å². The molecule has 0 aromatic heterocycles. The van der Waals surface area contributed by atoms with Gasteiger partial charge in [-0.2, -0.15) is 13.2 Å². The average molecular weight is 409 g/mol. The maximum Gasteiger partial charge on any atom is 0.411 e. The van der Waals surface area contributed by atoms with E-state index in [0.29, 0.717) is 24.6 Å². The third-order valence-electron chi connectivity index (χ3n) is 4.17. The number of nitrogens with zero attached hydrogens (tertiary/aromatic N) is 1. The number of methoxy groups -OCH3 is 1. The molecule has 0 unspecified atom stereocenters. The maximum absolute atomic E-state index is 12.1. The van der Waals surface area contributed by atoms with E-state index in [1.165, 1.54) is 0 Å². The predicted molar refractivity (Wildman–Crippen MR) is 107 cm³/mol. The van der Waals surface area contributed by atoms with Crippen LogP contribution in [0.2, 0.25) is 0 Å². The molecule has 8 heteroatoms. The van der Waals surface area contributed by atoms with Gasteiger partial charge in [0, 0.05) is 20.1 Å². The third-order valence-corrected chi connectivity index (χ3v) is 4.17. The number of alkyl halides is 3. The number of ether oxygens (including phenoxy) is 2. The fourth-order valence-corrected chi connectivity index (χ4v) is 2.60. The lowest BCUT2D eigenvalue weighted by Crippen LogP contribution is -2.36. The van der Waals surface area contributed by atoms with Crippen LogP contribution in [0.25, 0.3) is 0 Å². The summed E-state index contributed by atoms with van der Waals surface area (Å²) < 4.78 is 46.3. The van der Waals surface area contributed by atoms with E-state index < -0.39 is 12.8 Å². The molecule has 0 radical (unpaired) electrons. The van der Waals surface area contributed by atoms with Gasteiger partial charge < -0.3 is 20.1 Å². The zero-order valence-electron chi connectivity index (χ0n) is 16.8. The minimum absolute atomic E-state index is 0.0730. The van der Waals surface area contributed by atoms with Crippen LogP contribution in [-0.2, 0) is 24.4 Å². The second-order valence-corrected chi connectivity index (χ2v) is 6.51. The van der Waals surface area contributed by atoms with E-state index >= 15 is 0 Å². The van der Waals surface area contributed by atoms with Gasteiger partial charge in [-0.3, -0.25) is 4.99 Å². The van der Waals surface area contributed by atoms with E-state index in [9.17, 15) is 13.2 Å². The van der Waals surface area contributed by atoms with Gasteiger partial charge in [0.1, 0.15) is 12.4 Å². The second kappa shape index (κ2) is 10.7. The van der Waals surface area contributed by atoms with Gasteiger partial charge in [0.05, 0.1) is 13.7 Å². The number of hydrogen-bond donors (Lipinski definition) is 2. The molecule has 0 saturated carbocycles. The molecule has 2 aromatic rings. The highest BCUT2D eigenvalue weighted by molar-refractivity contribution is 5.79. The largest absolute Gasteiger partial charge is 0.496 e. The Labute approximate surface area is 168 Å².